The topological polar surface area (TPSA) is 88.4 Å². The maximum absolute atomic E-state index is 12.0. The van der Waals surface area contributed by atoms with Crippen LogP contribution in [0, 0.1) is 13.8 Å². The minimum absolute atomic E-state index is 0. The van der Waals surface area contributed by atoms with Gasteiger partial charge in [0, 0.05) is 6.92 Å². The summed E-state index contributed by atoms with van der Waals surface area (Å²) in [5.74, 6) is 0.745. The van der Waals surface area contributed by atoms with Gasteiger partial charge in [-0.2, -0.15) is 9.13 Å². The molecule has 0 fully saturated rings. The Bertz CT molecular complexity index is 1190. The van der Waals surface area contributed by atoms with Crippen molar-refractivity contribution in [2.75, 3.05) is 0 Å². The monoisotopic (exact) mass is 660 g/mol. The Morgan fingerprint density at radius 2 is 1.56 bits per heavy atom. The molecule has 1 atom stereocenters. The van der Waals surface area contributed by atoms with Crippen LogP contribution in [0.2, 0.25) is 0 Å². The molecule has 36 heavy (non-hydrogen) atoms. The molecule has 0 aliphatic carbocycles. The lowest BCUT2D eigenvalue weighted by Gasteiger charge is -2.05. The molecule has 0 saturated carbocycles. The van der Waals surface area contributed by atoms with Crippen molar-refractivity contribution in [3.05, 3.63) is 81.0 Å². The van der Waals surface area contributed by atoms with Crippen LogP contribution in [0.15, 0.2) is 62.0 Å². The van der Waals surface area contributed by atoms with Crippen molar-refractivity contribution in [2.24, 2.45) is 0 Å². The Labute approximate surface area is 239 Å². The number of nitrogens with zero attached hydrogens (tertiary/aromatic N) is 2. The highest BCUT2D eigenvalue weighted by molar-refractivity contribution is 7.09. The zero-order chi connectivity index (χ0) is 24.5. The highest BCUT2D eigenvalue weighted by Crippen LogP contribution is 2.10. The molecule has 4 aromatic heterocycles. The second kappa shape index (κ2) is 16.0. The number of halogens is 2. The first-order valence-corrected chi connectivity index (χ1v) is 12.9. The van der Waals surface area contributed by atoms with Gasteiger partial charge in [0.15, 0.2) is 22.9 Å². The zero-order valence-corrected chi connectivity index (χ0v) is 25.2. The number of ketones is 2. The van der Waals surface area contributed by atoms with E-state index in [9.17, 15) is 14.7 Å². The van der Waals surface area contributed by atoms with Gasteiger partial charge >= 0.3 is 0 Å². The van der Waals surface area contributed by atoms with Crippen molar-refractivity contribution < 1.29 is 66.6 Å². The van der Waals surface area contributed by atoms with Crippen LogP contribution in [0.5, 0.6) is 0 Å². The molecule has 0 amide bonds. The van der Waals surface area contributed by atoms with Crippen LogP contribution >= 0.6 is 22.7 Å². The molecule has 4 rings (SSSR count). The maximum atomic E-state index is 12.0. The van der Waals surface area contributed by atoms with Gasteiger partial charge in [-0.3, -0.25) is 9.59 Å². The Hall–Kier alpha value is -1.92. The predicted molar refractivity (Wildman–Crippen MR) is 129 cm³/mol. The van der Waals surface area contributed by atoms with Crippen molar-refractivity contribution in [1.82, 2.24) is 0 Å². The van der Waals surface area contributed by atoms with Gasteiger partial charge in [-0.15, -0.1) is 0 Å². The number of aliphatic hydroxyl groups is 1. The minimum atomic E-state index is -0.343. The molecule has 0 bridgehead atoms. The van der Waals surface area contributed by atoms with Crippen LogP contribution in [-0.4, -0.2) is 22.8 Å². The molecule has 0 aliphatic heterocycles. The molecular weight excluding hydrogens is 632 g/mol. The summed E-state index contributed by atoms with van der Waals surface area (Å²) in [7, 11) is 0. The number of aromatic nitrogens is 2. The number of rotatable bonds is 10. The number of Topliss-reactive ketones (excluding diaryl/α,β-unsaturated/α-hetero) is 2. The Morgan fingerprint density at radius 3 is 2.03 bits per heavy atom. The van der Waals surface area contributed by atoms with E-state index >= 15 is 0 Å². The average molecular weight is 662 g/mol. The molecule has 1 unspecified atom stereocenters. The van der Waals surface area contributed by atoms with Gasteiger partial charge in [0.25, 0.3) is 11.6 Å². The summed E-state index contributed by atoms with van der Waals surface area (Å²) in [6, 6.07) is 6.79. The largest absolute Gasteiger partial charge is 1.00 e. The van der Waals surface area contributed by atoms with Crippen molar-refractivity contribution in [2.45, 2.75) is 59.2 Å². The number of aryl methyl sites for hydroxylation is 1. The van der Waals surface area contributed by atoms with E-state index in [4.69, 9.17) is 8.83 Å². The van der Waals surface area contributed by atoms with Gasteiger partial charge in [0.05, 0.1) is 35.3 Å². The van der Waals surface area contributed by atoms with E-state index in [1.807, 2.05) is 46.3 Å². The third-order valence-electron chi connectivity index (χ3n) is 5.34. The summed E-state index contributed by atoms with van der Waals surface area (Å²) in [5, 5.41) is 11.8. The molecule has 0 spiro atoms. The van der Waals surface area contributed by atoms with E-state index in [0.717, 1.165) is 24.2 Å². The smallest absolute Gasteiger partial charge is 0.262 e. The quantitative estimate of drug-likeness (QED) is 0.163. The first kappa shape index (κ1) is 32.1. The van der Waals surface area contributed by atoms with Crippen LogP contribution in [0.25, 0.3) is 0 Å². The van der Waals surface area contributed by atoms with E-state index in [-0.39, 0.29) is 58.2 Å². The van der Waals surface area contributed by atoms with Crippen LogP contribution in [0.1, 0.15) is 57.1 Å². The third kappa shape index (κ3) is 9.19. The molecule has 1 N–H and O–H groups in total. The third-order valence-corrected chi connectivity index (χ3v) is 7.14. The molecule has 0 saturated heterocycles. The first-order chi connectivity index (χ1) is 16.4. The van der Waals surface area contributed by atoms with Gasteiger partial charge < -0.3 is 47.9 Å². The summed E-state index contributed by atoms with van der Waals surface area (Å²) in [5.41, 5.74) is 5.99. The highest BCUT2D eigenvalue weighted by Gasteiger charge is 2.21. The van der Waals surface area contributed by atoms with Crippen molar-refractivity contribution in [3.63, 3.8) is 0 Å². The summed E-state index contributed by atoms with van der Waals surface area (Å²) in [4.78, 5) is 24.9. The van der Waals surface area contributed by atoms with Crippen LogP contribution < -0.4 is 43.1 Å². The zero-order valence-electron chi connectivity index (χ0n) is 20.4. The van der Waals surface area contributed by atoms with E-state index in [0.29, 0.717) is 24.5 Å². The maximum Gasteiger partial charge on any atom is 0.262 e. The predicted octanol–water partition coefficient (Wildman–Crippen LogP) is -1.65. The highest BCUT2D eigenvalue weighted by atomic mass is 79.9. The van der Waals surface area contributed by atoms with Crippen LogP contribution in [0.3, 0.4) is 0 Å². The average Bonchev–Trinajstić information content (AvgIpc) is 3.61. The number of hydrogen-bond acceptors (Lipinski definition) is 7. The lowest BCUT2D eigenvalue weighted by atomic mass is 10.1. The van der Waals surface area contributed by atoms with Crippen molar-refractivity contribution in [1.29, 1.82) is 0 Å². The Balaban J connectivity index is 0.000000349. The minimum Gasteiger partial charge on any atom is -1.00 e. The number of thiazole rings is 2. The molecule has 7 nitrogen and oxygen atoms in total. The van der Waals surface area contributed by atoms with E-state index in [1.165, 1.54) is 28.7 Å². The first-order valence-electron chi connectivity index (χ1n) is 11.1. The summed E-state index contributed by atoms with van der Waals surface area (Å²) < 4.78 is 14.0. The summed E-state index contributed by atoms with van der Waals surface area (Å²) in [6.45, 7) is 6.72. The fourth-order valence-electron chi connectivity index (χ4n) is 3.30. The van der Waals surface area contributed by atoms with Crippen LogP contribution in [0.4, 0.5) is 0 Å². The fourth-order valence-corrected chi connectivity index (χ4v) is 4.92. The van der Waals surface area contributed by atoms with Gasteiger partial charge in [0.1, 0.15) is 0 Å². The molecule has 0 radical (unpaired) electrons. The fraction of sp³-hybridized carbons (Fsp3) is 0.360. The Kier molecular flexibility index (Phi) is 14.3. The van der Waals surface area contributed by atoms with Gasteiger partial charge in [0.2, 0.25) is 24.1 Å². The number of aliphatic hydroxyl groups excluding tert-OH is 1. The van der Waals surface area contributed by atoms with Gasteiger partial charge in [-0.1, -0.05) is 36.0 Å². The number of carbonyl (C=O) groups is 2. The second-order valence-electron chi connectivity index (χ2n) is 7.92. The Morgan fingerprint density at radius 1 is 0.972 bits per heavy atom. The summed E-state index contributed by atoms with van der Waals surface area (Å²) >= 11 is 3.18. The number of hydrogen-bond donors (Lipinski definition) is 1. The molecule has 4 heterocycles. The second-order valence-corrected chi connectivity index (χ2v) is 9.70. The molecule has 4 aromatic rings. The molecular formula is C25H30Br2N2O5S2. The van der Waals surface area contributed by atoms with Crippen molar-refractivity contribution in [3.8, 4) is 0 Å². The van der Waals surface area contributed by atoms with Crippen LogP contribution in [-0.2, 0) is 19.5 Å². The molecule has 0 aliphatic rings. The van der Waals surface area contributed by atoms with E-state index in [1.54, 1.807) is 35.6 Å². The lowest BCUT2D eigenvalue weighted by Crippen LogP contribution is -3.00. The molecule has 0 aromatic carbocycles. The molecule has 11 heteroatoms. The summed E-state index contributed by atoms with van der Waals surface area (Å²) in [6.07, 6.45) is 4.99. The van der Waals surface area contributed by atoms with Crippen molar-refractivity contribution >= 4 is 34.2 Å². The normalized spacial score (nSPS) is 11.0. The molecule has 196 valence electrons. The van der Waals surface area contributed by atoms with Gasteiger partial charge in [-0.05, 0) is 37.6 Å². The SMILES string of the molecule is CCCC(O)Cc1csc[n+]1CC(=O)c1ccco1.Cc1sc[n+](CC(=O)c2ccco2)c1C.[Br-].[Br-]. The standard InChI is InChI=1S/C14H18NO3S.C11H12NO2S.2BrH/c1-2-4-12(16)7-11-9-19-10-15(11)8-13(17)14-5-3-6-18-14;1-8-9(2)15-7-12(8)6-10(13)11-4-3-5-14-11;;/h3,5-6,9-10,12,16H,2,4,7-8H2,1H3;3-5,7H,6H2,1-2H3;2*1H/q2*+1;;/p-2. The number of furan rings is 2. The van der Waals surface area contributed by atoms with E-state index in [2.05, 4.69) is 0 Å². The lowest BCUT2D eigenvalue weighted by molar-refractivity contribution is -0.686. The van der Waals surface area contributed by atoms with E-state index < -0.39 is 0 Å². The van der Waals surface area contributed by atoms with Gasteiger partial charge in [-0.25, -0.2) is 0 Å². The number of carbonyl (C=O) groups excluding carboxylic acids is 2.